The van der Waals surface area contributed by atoms with Gasteiger partial charge in [0.1, 0.15) is 5.60 Å². The van der Waals surface area contributed by atoms with Crippen molar-refractivity contribution >= 4 is 17.5 Å². The number of hydrogen-bond donors (Lipinski definition) is 0. The molecule has 1 amide bonds. The van der Waals surface area contributed by atoms with Gasteiger partial charge in [-0.3, -0.25) is 9.69 Å². The van der Waals surface area contributed by atoms with Gasteiger partial charge in [0.25, 0.3) is 0 Å². The van der Waals surface area contributed by atoms with Gasteiger partial charge in [0, 0.05) is 45.9 Å². The third-order valence-electron chi connectivity index (χ3n) is 4.06. The van der Waals surface area contributed by atoms with Crippen LogP contribution in [0.5, 0.6) is 0 Å². The number of rotatable bonds is 6. The summed E-state index contributed by atoms with van der Waals surface area (Å²) in [6.07, 6.45) is 0.312. The molecule has 0 bridgehead atoms. The van der Waals surface area contributed by atoms with E-state index in [-0.39, 0.29) is 5.91 Å². The smallest absolute Gasteiger partial charge is 0.225 e. The summed E-state index contributed by atoms with van der Waals surface area (Å²) in [7, 11) is 5.15. The van der Waals surface area contributed by atoms with Crippen LogP contribution >= 0.6 is 11.6 Å². The zero-order chi connectivity index (χ0) is 16.9. The van der Waals surface area contributed by atoms with Gasteiger partial charge in [-0.05, 0) is 11.6 Å². The van der Waals surface area contributed by atoms with Crippen LogP contribution in [0.1, 0.15) is 12.0 Å². The average Bonchev–Trinajstić information content (AvgIpc) is 2.50. The first-order chi connectivity index (χ1) is 11.0. The molecule has 2 rings (SSSR count). The lowest BCUT2D eigenvalue weighted by molar-refractivity contribution is -0.160. The maximum atomic E-state index is 12.2. The summed E-state index contributed by atoms with van der Waals surface area (Å²) >= 11 is 6.26. The second-order valence-electron chi connectivity index (χ2n) is 6.23. The Labute approximate surface area is 143 Å². The maximum Gasteiger partial charge on any atom is 0.225 e. The third-order valence-corrected chi connectivity index (χ3v) is 4.43. The van der Waals surface area contributed by atoms with Gasteiger partial charge in [-0.2, -0.15) is 0 Å². The second-order valence-corrected chi connectivity index (χ2v) is 6.64. The Morgan fingerprint density at radius 3 is 2.83 bits per heavy atom. The molecule has 1 aromatic carbocycles. The molecule has 0 saturated carbocycles. The lowest BCUT2D eigenvalue weighted by Gasteiger charge is -2.42. The summed E-state index contributed by atoms with van der Waals surface area (Å²) in [5, 5.41) is 0.765. The van der Waals surface area contributed by atoms with Crippen molar-refractivity contribution in [3.63, 3.8) is 0 Å². The lowest BCUT2D eigenvalue weighted by Crippen LogP contribution is -2.55. The number of nitrogens with zero attached hydrogens (tertiary/aromatic N) is 2. The summed E-state index contributed by atoms with van der Waals surface area (Å²) in [6, 6.07) is 7.84. The van der Waals surface area contributed by atoms with E-state index in [1.165, 1.54) is 0 Å². The molecule has 0 aromatic heterocycles. The zero-order valence-corrected chi connectivity index (χ0v) is 14.8. The summed E-state index contributed by atoms with van der Waals surface area (Å²) < 4.78 is 11.3. The van der Waals surface area contributed by atoms with Gasteiger partial charge < -0.3 is 14.4 Å². The third kappa shape index (κ3) is 4.91. The van der Waals surface area contributed by atoms with E-state index >= 15 is 0 Å². The average molecular weight is 341 g/mol. The molecule has 0 N–H and O–H groups in total. The van der Waals surface area contributed by atoms with Crippen molar-refractivity contribution in [3.8, 4) is 0 Å². The second kappa shape index (κ2) is 8.11. The summed E-state index contributed by atoms with van der Waals surface area (Å²) in [5.41, 5.74) is 0.483. The molecule has 6 heteroatoms. The molecule has 1 aliphatic rings. The summed E-state index contributed by atoms with van der Waals surface area (Å²) in [4.78, 5) is 16.0. The minimum absolute atomic E-state index is 0.0432. The van der Waals surface area contributed by atoms with Crippen LogP contribution in [0.4, 0.5) is 0 Å². The Morgan fingerprint density at radius 2 is 2.17 bits per heavy atom. The van der Waals surface area contributed by atoms with Crippen LogP contribution in [0.25, 0.3) is 0 Å². The number of hydrogen-bond acceptors (Lipinski definition) is 4. The Balaban J connectivity index is 2.09. The molecule has 1 aromatic rings. The fraction of sp³-hybridized carbons (Fsp3) is 0.588. The molecule has 0 spiro atoms. The van der Waals surface area contributed by atoms with Crippen molar-refractivity contribution in [2.24, 2.45) is 0 Å². The molecule has 0 radical (unpaired) electrons. The van der Waals surface area contributed by atoms with Gasteiger partial charge in [0.15, 0.2) is 0 Å². The van der Waals surface area contributed by atoms with Crippen LogP contribution in [-0.2, 0) is 20.8 Å². The van der Waals surface area contributed by atoms with Crippen molar-refractivity contribution in [2.75, 3.05) is 47.5 Å². The van der Waals surface area contributed by atoms with E-state index in [9.17, 15) is 4.79 Å². The Kier molecular flexibility index (Phi) is 6.41. The Hall–Kier alpha value is -1.14. The zero-order valence-electron chi connectivity index (χ0n) is 14.0. The highest BCUT2D eigenvalue weighted by Gasteiger charge is 2.39. The minimum atomic E-state index is -0.602. The van der Waals surface area contributed by atoms with Crippen molar-refractivity contribution in [1.82, 2.24) is 9.80 Å². The molecule has 128 valence electrons. The Bertz CT molecular complexity index is 534. The first-order valence-corrected chi connectivity index (χ1v) is 8.12. The van der Waals surface area contributed by atoms with E-state index in [0.717, 1.165) is 23.7 Å². The first-order valence-electron chi connectivity index (χ1n) is 7.74. The Morgan fingerprint density at radius 1 is 1.43 bits per heavy atom. The minimum Gasteiger partial charge on any atom is -0.382 e. The van der Waals surface area contributed by atoms with Gasteiger partial charge in [-0.15, -0.1) is 0 Å². The molecular weight excluding hydrogens is 316 g/mol. The van der Waals surface area contributed by atoms with Crippen molar-refractivity contribution in [3.05, 3.63) is 34.9 Å². The number of benzene rings is 1. The van der Waals surface area contributed by atoms with E-state index in [2.05, 4.69) is 4.90 Å². The van der Waals surface area contributed by atoms with Crippen LogP contribution in [0.15, 0.2) is 24.3 Å². The van der Waals surface area contributed by atoms with Crippen LogP contribution in [-0.4, -0.2) is 68.8 Å². The normalized spacial score (nSPS) is 22.1. The lowest BCUT2D eigenvalue weighted by atomic mass is 9.96. The number of methoxy groups -OCH3 is 1. The highest BCUT2D eigenvalue weighted by Crippen LogP contribution is 2.26. The topological polar surface area (TPSA) is 42.0 Å². The molecule has 5 nitrogen and oxygen atoms in total. The largest absolute Gasteiger partial charge is 0.382 e. The fourth-order valence-corrected chi connectivity index (χ4v) is 3.06. The molecule has 0 aliphatic carbocycles. The molecule has 1 saturated heterocycles. The molecule has 1 unspecified atom stereocenters. The number of halogens is 1. The van der Waals surface area contributed by atoms with E-state index in [0.29, 0.717) is 26.2 Å². The number of carbonyl (C=O) groups excluding carboxylic acids is 1. The van der Waals surface area contributed by atoms with Crippen LogP contribution in [0.2, 0.25) is 5.02 Å². The molecule has 23 heavy (non-hydrogen) atoms. The first kappa shape index (κ1) is 18.2. The van der Waals surface area contributed by atoms with Crippen molar-refractivity contribution in [2.45, 2.75) is 18.6 Å². The maximum absolute atomic E-state index is 12.2. The monoisotopic (exact) mass is 340 g/mol. The van der Waals surface area contributed by atoms with Gasteiger partial charge >= 0.3 is 0 Å². The molecular formula is C17H25ClN2O3. The van der Waals surface area contributed by atoms with E-state index < -0.39 is 5.60 Å². The number of morpholine rings is 1. The summed E-state index contributed by atoms with van der Waals surface area (Å²) in [5.74, 6) is 0.0432. The molecule has 1 aliphatic heterocycles. The standard InChI is InChI=1S/C17H25ClN2O3/c1-19(2)16(21)10-17(13-22-3)12-20(8-9-23-17)11-14-6-4-5-7-15(14)18/h4-7H,8-13H2,1-3H3. The van der Waals surface area contributed by atoms with Crippen LogP contribution in [0, 0.1) is 0 Å². The van der Waals surface area contributed by atoms with Gasteiger partial charge in [0.2, 0.25) is 5.91 Å². The number of amides is 1. The highest BCUT2D eigenvalue weighted by molar-refractivity contribution is 6.31. The highest BCUT2D eigenvalue weighted by atomic mass is 35.5. The van der Waals surface area contributed by atoms with Gasteiger partial charge in [-0.25, -0.2) is 0 Å². The van der Waals surface area contributed by atoms with Crippen LogP contribution < -0.4 is 0 Å². The van der Waals surface area contributed by atoms with Crippen molar-refractivity contribution < 1.29 is 14.3 Å². The molecule has 1 atom stereocenters. The van der Waals surface area contributed by atoms with Gasteiger partial charge in [-0.1, -0.05) is 29.8 Å². The quantitative estimate of drug-likeness (QED) is 0.794. The molecule has 1 heterocycles. The van der Waals surface area contributed by atoms with E-state index in [1.807, 2.05) is 24.3 Å². The van der Waals surface area contributed by atoms with Gasteiger partial charge in [0.05, 0.1) is 19.6 Å². The fourth-order valence-electron chi connectivity index (χ4n) is 2.87. The predicted octanol–water partition coefficient (Wildman–Crippen LogP) is 2.04. The van der Waals surface area contributed by atoms with Crippen LogP contribution in [0.3, 0.4) is 0 Å². The van der Waals surface area contributed by atoms with E-state index in [4.69, 9.17) is 21.1 Å². The SMILES string of the molecule is COCC1(CC(=O)N(C)C)CN(Cc2ccccc2Cl)CCO1. The predicted molar refractivity (Wildman–Crippen MR) is 90.6 cm³/mol. The van der Waals surface area contributed by atoms with E-state index in [1.54, 1.807) is 26.1 Å². The molecule has 1 fully saturated rings. The number of ether oxygens (including phenoxy) is 2. The summed E-state index contributed by atoms with van der Waals surface area (Å²) in [6.45, 7) is 3.17. The van der Waals surface area contributed by atoms with Crippen molar-refractivity contribution in [1.29, 1.82) is 0 Å². The number of carbonyl (C=O) groups is 1.